The first-order valence-electron chi connectivity index (χ1n) is 3.63. The van der Waals surface area contributed by atoms with E-state index in [9.17, 15) is 0 Å². The zero-order valence-electron chi connectivity index (χ0n) is 7.10. The van der Waals surface area contributed by atoms with Gasteiger partial charge in [-0.3, -0.25) is 0 Å². The summed E-state index contributed by atoms with van der Waals surface area (Å²) >= 11 is 5.85. The number of rotatable bonds is 2. The first-order valence-corrected chi connectivity index (χ1v) is 4.00. The van der Waals surface area contributed by atoms with E-state index in [4.69, 9.17) is 21.4 Å². The van der Waals surface area contributed by atoms with Gasteiger partial charge in [0.05, 0.1) is 18.7 Å². The van der Waals surface area contributed by atoms with Crippen molar-refractivity contribution in [3.05, 3.63) is 28.3 Å². The molecule has 0 saturated heterocycles. The van der Waals surface area contributed by atoms with E-state index in [1.54, 1.807) is 19.2 Å². The molecule has 1 aromatic rings. The fourth-order valence-corrected chi connectivity index (χ4v) is 1.32. The Hall–Kier alpha value is -0.730. The molecule has 0 amide bonds. The van der Waals surface area contributed by atoms with E-state index in [0.717, 1.165) is 11.1 Å². The van der Waals surface area contributed by atoms with Gasteiger partial charge in [0.1, 0.15) is 5.75 Å². The van der Waals surface area contributed by atoms with Crippen LogP contribution in [0.25, 0.3) is 0 Å². The molecule has 0 heterocycles. The van der Waals surface area contributed by atoms with Gasteiger partial charge in [-0.15, -0.1) is 0 Å². The Morgan fingerprint density at radius 1 is 1.50 bits per heavy atom. The topological polar surface area (TPSA) is 29.5 Å². The second-order valence-electron chi connectivity index (χ2n) is 2.57. The van der Waals surface area contributed by atoms with Crippen molar-refractivity contribution in [3.63, 3.8) is 0 Å². The molecule has 0 aliphatic carbocycles. The lowest BCUT2D eigenvalue weighted by atomic mass is 10.1. The molecule has 0 saturated carbocycles. The van der Waals surface area contributed by atoms with Gasteiger partial charge in [-0.25, -0.2) is 0 Å². The molecule has 0 aliphatic rings. The SMILES string of the molecule is COc1cc(CO)c(C)cc1Cl. The van der Waals surface area contributed by atoms with Crippen molar-refractivity contribution in [1.29, 1.82) is 0 Å². The lowest BCUT2D eigenvalue weighted by Crippen LogP contribution is -1.92. The minimum absolute atomic E-state index is 0.0133. The van der Waals surface area contributed by atoms with Crippen LogP contribution in [0, 0.1) is 6.92 Å². The van der Waals surface area contributed by atoms with Gasteiger partial charge in [0.15, 0.2) is 0 Å². The summed E-state index contributed by atoms with van der Waals surface area (Å²) < 4.78 is 5.00. The Morgan fingerprint density at radius 3 is 2.67 bits per heavy atom. The molecule has 0 spiro atoms. The molecule has 2 nitrogen and oxygen atoms in total. The highest BCUT2D eigenvalue weighted by molar-refractivity contribution is 6.32. The number of hydrogen-bond acceptors (Lipinski definition) is 2. The van der Waals surface area contributed by atoms with Crippen LogP contribution in [0.5, 0.6) is 5.75 Å². The smallest absolute Gasteiger partial charge is 0.137 e. The molecular weight excluding hydrogens is 176 g/mol. The summed E-state index contributed by atoms with van der Waals surface area (Å²) in [7, 11) is 1.55. The molecule has 0 aromatic heterocycles. The lowest BCUT2D eigenvalue weighted by molar-refractivity contribution is 0.280. The third-order valence-electron chi connectivity index (χ3n) is 1.78. The Bertz CT molecular complexity index is 259. The van der Waals surface area contributed by atoms with E-state index in [0.29, 0.717) is 10.8 Å². The fraction of sp³-hybridized carbons (Fsp3) is 0.333. The summed E-state index contributed by atoms with van der Waals surface area (Å²) in [6, 6.07) is 3.53. The predicted octanol–water partition coefficient (Wildman–Crippen LogP) is 2.15. The average Bonchev–Trinajstić information content (AvgIpc) is 2.05. The summed E-state index contributed by atoms with van der Waals surface area (Å²) in [5.41, 5.74) is 1.82. The van der Waals surface area contributed by atoms with Gasteiger partial charge in [0.2, 0.25) is 0 Å². The van der Waals surface area contributed by atoms with Crippen LogP contribution in [-0.4, -0.2) is 12.2 Å². The first-order chi connectivity index (χ1) is 5.69. The number of aliphatic hydroxyl groups excluding tert-OH is 1. The molecule has 0 unspecified atom stereocenters. The zero-order valence-corrected chi connectivity index (χ0v) is 7.85. The van der Waals surface area contributed by atoms with Crippen molar-refractivity contribution >= 4 is 11.6 Å². The van der Waals surface area contributed by atoms with Crippen molar-refractivity contribution in [3.8, 4) is 5.75 Å². The standard InChI is InChI=1S/C9H11ClO2/c1-6-3-8(10)9(12-2)4-7(6)5-11/h3-4,11H,5H2,1-2H3. The van der Waals surface area contributed by atoms with Crippen LogP contribution < -0.4 is 4.74 Å². The second kappa shape index (κ2) is 3.78. The number of methoxy groups -OCH3 is 1. The normalized spacial score (nSPS) is 10.0. The molecule has 1 aromatic carbocycles. The minimum Gasteiger partial charge on any atom is -0.495 e. The van der Waals surface area contributed by atoms with Crippen LogP contribution in [0.1, 0.15) is 11.1 Å². The first kappa shape index (κ1) is 9.36. The number of benzene rings is 1. The van der Waals surface area contributed by atoms with E-state index in [1.165, 1.54) is 0 Å². The number of halogens is 1. The molecule has 1 N–H and O–H groups in total. The maximum absolute atomic E-state index is 8.93. The van der Waals surface area contributed by atoms with Gasteiger partial charge in [-0.2, -0.15) is 0 Å². The maximum Gasteiger partial charge on any atom is 0.137 e. The largest absolute Gasteiger partial charge is 0.495 e. The molecule has 0 aliphatic heterocycles. The molecule has 1 rings (SSSR count). The molecule has 0 bridgehead atoms. The number of aryl methyl sites for hydroxylation is 1. The van der Waals surface area contributed by atoms with E-state index in [-0.39, 0.29) is 6.61 Å². The van der Waals surface area contributed by atoms with Crippen LogP contribution in [-0.2, 0) is 6.61 Å². The van der Waals surface area contributed by atoms with Crippen LogP contribution >= 0.6 is 11.6 Å². The molecular formula is C9H11ClO2. The van der Waals surface area contributed by atoms with Gasteiger partial charge in [-0.1, -0.05) is 11.6 Å². The van der Waals surface area contributed by atoms with Gasteiger partial charge in [-0.05, 0) is 30.2 Å². The Balaban J connectivity index is 3.18. The zero-order chi connectivity index (χ0) is 9.14. The van der Waals surface area contributed by atoms with E-state index in [1.807, 2.05) is 6.92 Å². The van der Waals surface area contributed by atoms with Gasteiger partial charge in [0.25, 0.3) is 0 Å². The van der Waals surface area contributed by atoms with Crippen LogP contribution in [0.4, 0.5) is 0 Å². The molecule has 0 fully saturated rings. The fourth-order valence-electron chi connectivity index (χ4n) is 1.02. The van der Waals surface area contributed by atoms with E-state index < -0.39 is 0 Å². The average molecular weight is 187 g/mol. The highest BCUT2D eigenvalue weighted by atomic mass is 35.5. The van der Waals surface area contributed by atoms with Crippen LogP contribution in [0.2, 0.25) is 5.02 Å². The predicted molar refractivity (Wildman–Crippen MR) is 48.7 cm³/mol. The summed E-state index contributed by atoms with van der Waals surface area (Å²) in [5, 5.41) is 9.51. The van der Waals surface area contributed by atoms with E-state index in [2.05, 4.69) is 0 Å². The Kier molecular flexibility index (Phi) is 2.95. The summed E-state index contributed by atoms with van der Waals surface area (Å²) in [6.45, 7) is 1.91. The summed E-state index contributed by atoms with van der Waals surface area (Å²) in [5.74, 6) is 0.603. The third-order valence-corrected chi connectivity index (χ3v) is 2.08. The third kappa shape index (κ3) is 1.71. The monoisotopic (exact) mass is 186 g/mol. The van der Waals surface area contributed by atoms with Crippen molar-refractivity contribution in [2.75, 3.05) is 7.11 Å². The maximum atomic E-state index is 8.93. The van der Waals surface area contributed by atoms with Crippen molar-refractivity contribution in [2.24, 2.45) is 0 Å². The number of aliphatic hydroxyl groups is 1. The van der Waals surface area contributed by atoms with Crippen LogP contribution in [0.15, 0.2) is 12.1 Å². The van der Waals surface area contributed by atoms with Crippen molar-refractivity contribution in [2.45, 2.75) is 13.5 Å². The summed E-state index contributed by atoms with van der Waals surface area (Å²) in [6.07, 6.45) is 0. The highest BCUT2D eigenvalue weighted by Gasteiger charge is 2.04. The minimum atomic E-state index is 0.0133. The van der Waals surface area contributed by atoms with Crippen molar-refractivity contribution < 1.29 is 9.84 Å². The van der Waals surface area contributed by atoms with Crippen LogP contribution in [0.3, 0.4) is 0 Å². The number of hydrogen-bond donors (Lipinski definition) is 1. The lowest BCUT2D eigenvalue weighted by Gasteiger charge is -2.07. The molecule has 0 atom stereocenters. The molecule has 0 radical (unpaired) electrons. The quantitative estimate of drug-likeness (QED) is 0.767. The molecule has 12 heavy (non-hydrogen) atoms. The molecule has 3 heteroatoms. The Morgan fingerprint density at radius 2 is 2.17 bits per heavy atom. The van der Waals surface area contributed by atoms with E-state index >= 15 is 0 Å². The van der Waals surface area contributed by atoms with Gasteiger partial charge < -0.3 is 9.84 Å². The van der Waals surface area contributed by atoms with Gasteiger partial charge in [0, 0.05) is 0 Å². The van der Waals surface area contributed by atoms with Gasteiger partial charge >= 0.3 is 0 Å². The number of ether oxygens (including phenoxy) is 1. The summed E-state index contributed by atoms with van der Waals surface area (Å²) in [4.78, 5) is 0. The highest BCUT2D eigenvalue weighted by Crippen LogP contribution is 2.27. The second-order valence-corrected chi connectivity index (χ2v) is 2.98. The molecule has 66 valence electrons. The Labute approximate surface area is 76.7 Å². The van der Waals surface area contributed by atoms with Crippen molar-refractivity contribution in [1.82, 2.24) is 0 Å².